The van der Waals surface area contributed by atoms with E-state index in [4.69, 9.17) is 34.3 Å². The Kier molecular flexibility index (Phi) is 17.7. The monoisotopic (exact) mass is 1590 g/mol. The van der Waals surface area contributed by atoms with Gasteiger partial charge in [0.05, 0.1) is 67.3 Å². The van der Waals surface area contributed by atoms with Crippen LogP contribution in [0.25, 0.3) is 187 Å². The fourth-order valence-electron chi connectivity index (χ4n) is 19.8. The lowest BCUT2D eigenvalue weighted by molar-refractivity contribution is 0.299. The van der Waals surface area contributed by atoms with Gasteiger partial charge in [0.25, 0.3) is 0 Å². The van der Waals surface area contributed by atoms with Gasteiger partial charge in [0.1, 0.15) is 11.2 Å². The van der Waals surface area contributed by atoms with Gasteiger partial charge in [-0.15, -0.1) is 11.3 Å². The molecule has 23 rings (SSSR count). The van der Waals surface area contributed by atoms with E-state index in [0.29, 0.717) is 0 Å². The Labute approximate surface area is 716 Å². The highest BCUT2D eigenvalue weighted by Crippen LogP contribution is 2.60. The Hall–Kier alpha value is -13.7. The first kappa shape index (κ1) is 75.8. The summed E-state index contributed by atoms with van der Waals surface area (Å²) in [6, 6.07) is 121. The summed E-state index contributed by atoms with van der Waals surface area (Å²) in [5.41, 5.74) is 37.1. The molecule has 0 spiro atoms. The molecule has 0 aliphatic heterocycles. The lowest BCUT2D eigenvalue weighted by Gasteiger charge is -2.49. The van der Waals surface area contributed by atoms with Crippen LogP contribution in [0.5, 0.6) is 0 Å². The highest BCUT2D eigenvalue weighted by atomic mass is 32.1. The molecule has 3 aliphatic carbocycles. The summed E-state index contributed by atoms with van der Waals surface area (Å²) in [5, 5.41) is 4.83. The SMILES string of the molecule is CC1(C)c2ccccc2-c2c(-c3nc4ccccc4nc3-c3ccc4c(c3)oc3ccccc34)cccc2C1(C)C.CC1(C)c2ccccc2-c2cc(-c3nc4ccccc4nc3-c3ccc4c(c3)sc3ccccc34)ccc2C1(C)C.CC1(C)c2ccccc2-c2cccc(-c3nc4ccccc4nc3-c3ccc(-c4ccccc4)cc3)c2C1(C)C. The van der Waals surface area contributed by atoms with Gasteiger partial charge in [-0.25, -0.2) is 29.9 Å². The Bertz CT molecular complexity index is 7650. The van der Waals surface area contributed by atoms with E-state index in [9.17, 15) is 0 Å². The summed E-state index contributed by atoms with van der Waals surface area (Å²) in [4.78, 5) is 31.6. The topological polar surface area (TPSA) is 90.5 Å². The number of hydrogen-bond acceptors (Lipinski definition) is 8. The molecule has 0 saturated carbocycles. The molecular formula is C114H92N6OS. The zero-order chi connectivity index (χ0) is 83.3. The Morgan fingerprint density at radius 1 is 0.205 bits per heavy atom. The van der Waals surface area contributed by atoms with Crippen LogP contribution < -0.4 is 0 Å². The van der Waals surface area contributed by atoms with Crippen LogP contribution in [0.15, 0.2) is 344 Å². The van der Waals surface area contributed by atoms with Crippen LogP contribution in [-0.4, -0.2) is 29.9 Å². The predicted octanol–water partition coefficient (Wildman–Crippen LogP) is 30.5. The fourth-order valence-corrected chi connectivity index (χ4v) is 21.0. The Morgan fingerprint density at radius 2 is 0.557 bits per heavy atom. The van der Waals surface area contributed by atoms with E-state index in [1.807, 2.05) is 65.9 Å². The van der Waals surface area contributed by atoms with E-state index in [0.717, 1.165) is 123 Å². The quantitative estimate of drug-likeness (QED) is 0.157. The summed E-state index contributed by atoms with van der Waals surface area (Å²) in [7, 11) is 0. The summed E-state index contributed by atoms with van der Waals surface area (Å²) >= 11 is 1.84. The third-order valence-electron chi connectivity index (χ3n) is 28.5. The summed E-state index contributed by atoms with van der Waals surface area (Å²) in [6.07, 6.45) is 0. The molecule has 122 heavy (non-hydrogen) atoms. The minimum atomic E-state index is -0.144. The van der Waals surface area contributed by atoms with E-state index in [2.05, 4.69) is 368 Å². The first-order valence-corrected chi connectivity index (χ1v) is 43.4. The molecule has 5 heterocycles. The van der Waals surface area contributed by atoms with E-state index in [-0.39, 0.29) is 32.5 Å². The molecule has 0 saturated heterocycles. The van der Waals surface area contributed by atoms with Crippen LogP contribution in [0.1, 0.15) is 116 Å². The number of aromatic nitrogens is 6. The van der Waals surface area contributed by atoms with Gasteiger partial charge in [-0.05, 0) is 178 Å². The van der Waals surface area contributed by atoms with Crippen LogP contribution in [0.2, 0.25) is 0 Å². The molecule has 7 nitrogen and oxygen atoms in total. The van der Waals surface area contributed by atoms with Crippen molar-refractivity contribution in [1.82, 2.24) is 29.9 Å². The largest absolute Gasteiger partial charge is 0.456 e. The second kappa shape index (κ2) is 28.5. The van der Waals surface area contributed by atoms with Crippen LogP contribution in [0, 0.1) is 0 Å². The number of thiophene rings is 1. The van der Waals surface area contributed by atoms with Crippen molar-refractivity contribution in [3.05, 3.63) is 373 Å². The van der Waals surface area contributed by atoms with Gasteiger partial charge >= 0.3 is 0 Å². The second-order valence-corrected chi connectivity index (χ2v) is 37.5. The number of nitrogens with zero attached hydrogens (tertiary/aromatic N) is 6. The van der Waals surface area contributed by atoms with Crippen molar-refractivity contribution < 1.29 is 4.42 Å². The van der Waals surface area contributed by atoms with Crippen LogP contribution in [0.4, 0.5) is 0 Å². The Morgan fingerprint density at radius 3 is 1.16 bits per heavy atom. The minimum Gasteiger partial charge on any atom is -0.456 e. The van der Waals surface area contributed by atoms with E-state index >= 15 is 0 Å². The maximum absolute atomic E-state index is 6.29. The van der Waals surface area contributed by atoms with Gasteiger partial charge in [-0.3, -0.25) is 0 Å². The average Bonchev–Trinajstić information content (AvgIpc) is 0.873. The third-order valence-corrected chi connectivity index (χ3v) is 29.7. The molecular weight excluding hydrogens is 1500 g/mol. The molecule has 0 fully saturated rings. The Balaban J connectivity index is 0.000000113. The average molecular weight is 1590 g/mol. The van der Waals surface area contributed by atoms with E-state index < -0.39 is 0 Å². The van der Waals surface area contributed by atoms with E-state index in [1.54, 1.807) is 0 Å². The molecule has 590 valence electrons. The molecule has 0 amide bonds. The van der Waals surface area contributed by atoms with Crippen molar-refractivity contribution in [1.29, 1.82) is 0 Å². The van der Waals surface area contributed by atoms with Gasteiger partial charge in [0.2, 0.25) is 0 Å². The number of para-hydroxylation sites is 7. The van der Waals surface area contributed by atoms with Gasteiger partial charge in [-0.1, -0.05) is 350 Å². The van der Waals surface area contributed by atoms with Crippen LogP contribution in [0.3, 0.4) is 0 Å². The third kappa shape index (κ3) is 11.9. The molecule has 8 heteroatoms. The van der Waals surface area contributed by atoms with Crippen molar-refractivity contribution in [2.75, 3.05) is 0 Å². The van der Waals surface area contributed by atoms with Gasteiger partial charge in [0.15, 0.2) is 0 Å². The molecule has 5 aromatic heterocycles. The number of furan rings is 1. The maximum atomic E-state index is 6.29. The van der Waals surface area contributed by atoms with Gasteiger partial charge < -0.3 is 4.42 Å². The second-order valence-electron chi connectivity index (χ2n) is 36.4. The van der Waals surface area contributed by atoms with Gasteiger partial charge in [0, 0.05) is 69.7 Å². The number of benzene rings is 15. The van der Waals surface area contributed by atoms with Crippen molar-refractivity contribution in [3.8, 4) is 112 Å². The first-order chi connectivity index (χ1) is 59.0. The van der Waals surface area contributed by atoms with Crippen molar-refractivity contribution in [2.24, 2.45) is 0 Å². The lowest BCUT2D eigenvalue weighted by atomic mass is 9.54. The highest BCUT2D eigenvalue weighted by Gasteiger charge is 2.50. The highest BCUT2D eigenvalue weighted by molar-refractivity contribution is 7.25. The standard InChI is InChI=1S/C38H30N2O.C38H30N2S.C38H32N2/c1-37(2)28-15-7-5-13-26(28)34-27(14-11-16-29(34)38(37,3)4)36-35(39-30-17-8-9-18-31(30)40-36)23-20-21-25-24-12-6-10-19-32(24)41-33(25)22-23;1-37(2)29-13-7-5-11-25(29)28-21-23(18-20-30(28)38(37,3)4)35-36(40-32-15-9-8-14-31(32)39-35)24-17-19-27-26-12-6-10-16-33(26)41-34(27)22-24;1-37(2)31-18-9-8-15-28(31)29-16-12-17-30(34(29)38(37,3)4)36-35(39-32-19-10-11-20-33(32)40-36)27-23-21-26(22-24-27)25-13-6-5-7-14-25/h2*5-22H,1-4H3;5-24H,1-4H3. The summed E-state index contributed by atoms with van der Waals surface area (Å²) in [6.45, 7) is 28.5. The maximum Gasteiger partial charge on any atom is 0.136 e. The molecule has 0 atom stereocenters. The zero-order valence-electron chi connectivity index (χ0n) is 70.8. The number of fused-ring (bicyclic) bond motifs is 18. The zero-order valence-corrected chi connectivity index (χ0v) is 71.6. The molecule has 3 aliphatic rings. The van der Waals surface area contributed by atoms with Crippen LogP contribution >= 0.6 is 11.3 Å². The number of hydrogen-bond donors (Lipinski definition) is 0. The minimum absolute atomic E-state index is 0.00564. The smallest absolute Gasteiger partial charge is 0.136 e. The molecule has 20 aromatic rings. The van der Waals surface area contributed by atoms with Crippen molar-refractivity contribution >= 4 is 86.5 Å². The normalized spacial score (nSPS) is 15.1. The molecule has 0 radical (unpaired) electrons. The van der Waals surface area contributed by atoms with Crippen molar-refractivity contribution in [3.63, 3.8) is 0 Å². The molecule has 15 aromatic carbocycles. The first-order valence-electron chi connectivity index (χ1n) is 42.6. The van der Waals surface area contributed by atoms with Crippen LogP contribution in [-0.2, 0) is 32.5 Å². The molecule has 0 N–H and O–H groups in total. The summed E-state index contributed by atoms with van der Waals surface area (Å²) < 4.78 is 8.87. The van der Waals surface area contributed by atoms with E-state index in [1.165, 1.54) is 98.1 Å². The van der Waals surface area contributed by atoms with Gasteiger partial charge in [-0.2, -0.15) is 0 Å². The summed E-state index contributed by atoms with van der Waals surface area (Å²) in [5.74, 6) is 0. The molecule has 0 unspecified atom stereocenters. The molecule has 0 bridgehead atoms. The lowest BCUT2D eigenvalue weighted by Crippen LogP contribution is -2.44. The predicted molar refractivity (Wildman–Crippen MR) is 511 cm³/mol. The van der Waals surface area contributed by atoms with Crippen molar-refractivity contribution in [2.45, 2.75) is 116 Å². The number of rotatable bonds is 7. The fraction of sp³-hybridized carbons (Fsp3) is 0.158.